The zero-order chi connectivity index (χ0) is 22.5. The van der Waals surface area contributed by atoms with Gasteiger partial charge in [-0.1, -0.05) is 29.8 Å². The van der Waals surface area contributed by atoms with Crippen LogP contribution in [0, 0.1) is 0 Å². The van der Waals surface area contributed by atoms with E-state index in [1.54, 1.807) is 30.3 Å². The lowest BCUT2D eigenvalue weighted by Crippen LogP contribution is -2.47. The molecule has 2 aromatic carbocycles. The SMILES string of the molecule is O=C1CN(c2ccc(CNC(=O)c3ccc(Cl)c(NC(=O)c4cccs4)c3)cc2)CCN1. The molecule has 1 aromatic heterocycles. The first-order chi connectivity index (χ1) is 15.5. The van der Waals surface area contributed by atoms with Crippen molar-refractivity contribution in [1.82, 2.24) is 10.6 Å². The van der Waals surface area contributed by atoms with Crippen LogP contribution in [-0.2, 0) is 11.3 Å². The number of nitrogens with zero attached hydrogens (tertiary/aromatic N) is 1. The second-order valence-electron chi connectivity index (χ2n) is 7.25. The molecule has 0 unspecified atom stereocenters. The number of anilines is 2. The minimum absolute atomic E-state index is 0.0153. The van der Waals surface area contributed by atoms with Crippen molar-refractivity contribution in [3.63, 3.8) is 0 Å². The predicted octanol–water partition coefficient (Wildman–Crippen LogP) is 3.52. The zero-order valence-electron chi connectivity index (χ0n) is 17.1. The van der Waals surface area contributed by atoms with Crippen LogP contribution in [0.1, 0.15) is 25.6 Å². The second kappa shape index (κ2) is 9.84. The van der Waals surface area contributed by atoms with Crippen LogP contribution in [0.3, 0.4) is 0 Å². The molecule has 9 heteroatoms. The van der Waals surface area contributed by atoms with Crippen molar-refractivity contribution in [1.29, 1.82) is 0 Å². The summed E-state index contributed by atoms with van der Waals surface area (Å²) in [4.78, 5) is 39.1. The third-order valence-corrected chi connectivity index (χ3v) is 6.21. The number of piperazine rings is 1. The van der Waals surface area contributed by atoms with Crippen molar-refractivity contribution >= 4 is 52.0 Å². The molecular weight excluding hydrogens is 448 g/mol. The number of hydrogen-bond acceptors (Lipinski definition) is 5. The Balaban J connectivity index is 1.36. The highest BCUT2D eigenvalue weighted by Gasteiger charge is 2.16. The molecule has 1 saturated heterocycles. The summed E-state index contributed by atoms with van der Waals surface area (Å²) < 4.78 is 0. The standard InChI is InChI=1S/C23H21ClN4O3S/c24-18-8-5-16(12-19(18)27-23(31)20-2-1-11-32-20)22(30)26-13-15-3-6-17(7-4-15)28-10-9-25-21(29)14-28/h1-8,11-12H,9-10,13-14H2,(H,25,29)(H,26,30)(H,27,31). The van der Waals surface area contributed by atoms with Crippen molar-refractivity contribution in [2.75, 3.05) is 29.9 Å². The number of hydrogen-bond donors (Lipinski definition) is 3. The van der Waals surface area contributed by atoms with Crippen LogP contribution < -0.4 is 20.9 Å². The van der Waals surface area contributed by atoms with Gasteiger partial charge in [0.1, 0.15) is 0 Å². The van der Waals surface area contributed by atoms with Crippen LogP contribution in [0.5, 0.6) is 0 Å². The number of carbonyl (C=O) groups is 3. The Morgan fingerprint density at radius 3 is 2.62 bits per heavy atom. The molecule has 0 atom stereocenters. The number of carbonyl (C=O) groups excluding carboxylic acids is 3. The van der Waals surface area contributed by atoms with E-state index in [0.29, 0.717) is 40.8 Å². The zero-order valence-corrected chi connectivity index (χ0v) is 18.6. The van der Waals surface area contributed by atoms with Gasteiger partial charge in [0, 0.05) is 30.9 Å². The molecule has 1 aliphatic rings. The lowest BCUT2D eigenvalue weighted by Gasteiger charge is -2.28. The fraction of sp³-hybridized carbons (Fsp3) is 0.174. The maximum atomic E-state index is 12.6. The van der Waals surface area contributed by atoms with Crippen LogP contribution >= 0.6 is 22.9 Å². The highest BCUT2D eigenvalue weighted by molar-refractivity contribution is 7.12. The number of amides is 3. The predicted molar refractivity (Wildman–Crippen MR) is 127 cm³/mol. The first-order valence-electron chi connectivity index (χ1n) is 10.0. The van der Waals surface area contributed by atoms with Crippen LogP contribution in [-0.4, -0.2) is 37.4 Å². The lowest BCUT2D eigenvalue weighted by molar-refractivity contribution is -0.120. The Bertz CT molecular complexity index is 1130. The molecule has 3 aromatic rings. The highest BCUT2D eigenvalue weighted by atomic mass is 35.5. The minimum Gasteiger partial charge on any atom is -0.360 e. The van der Waals surface area contributed by atoms with Gasteiger partial charge in [-0.05, 0) is 47.3 Å². The Hall–Kier alpha value is -3.36. The van der Waals surface area contributed by atoms with E-state index in [4.69, 9.17) is 11.6 Å². The summed E-state index contributed by atoms with van der Waals surface area (Å²) in [6.45, 7) is 2.09. The Labute approximate surface area is 194 Å². The van der Waals surface area contributed by atoms with E-state index in [0.717, 1.165) is 17.8 Å². The second-order valence-corrected chi connectivity index (χ2v) is 8.60. The molecule has 0 saturated carbocycles. The maximum Gasteiger partial charge on any atom is 0.265 e. The van der Waals surface area contributed by atoms with Crippen LogP contribution in [0.2, 0.25) is 5.02 Å². The summed E-state index contributed by atoms with van der Waals surface area (Å²) in [7, 11) is 0. The number of halogens is 1. The van der Waals surface area contributed by atoms with Crippen molar-refractivity contribution in [2.45, 2.75) is 6.54 Å². The van der Waals surface area contributed by atoms with Crippen molar-refractivity contribution in [3.05, 3.63) is 81.0 Å². The van der Waals surface area contributed by atoms with E-state index < -0.39 is 0 Å². The van der Waals surface area contributed by atoms with E-state index >= 15 is 0 Å². The van der Waals surface area contributed by atoms with Gasteiger partial charge in [0.05, 0.1) is 22.1 Å². The smallest absolute Gasteiger partial charge is 0.265 e. The lowest BCUT2D eigenvalue weighted by atomic mass is 10.1. The molecule has 3 amide bonds. The molecule has 2 heterocycles. The highest BCUT2D eigenvalue weighted by Crippen LogP contribution is 2.24. The van der Waals surface area contributed by atoms with Crippen molar-refractivity contribution in [3.8, 4) is 0 Å². The van der Waals surface area contributed by atoms with Crippen molar-refractivity contribution < 1.29 is 14.4 Å². The average Bonchev–Trinajstić information content (AvgIpc) is 3.34. The Morgan fingerprint density at radius 1 is 1.09 bits per heavy atom. The summed E-state index contributed by atoms with van der Waals surface area (Å²) >= 11 is 7.52. The number of benzene rings is 2. The molecule has 3 N–H and O–H groups in total. The first-order valence-corrected chi connectivity index (χ1v) is 11.3. The Morgan fingerprint density at radius 2 is 1.91 bits per heavy atom. The van der Waals surface area contributed by atoms with Gasteiger partial charge in [0.15, 0.2) is 0 Å². The first kappa shape index (κ1) is 21.9. The van der Waals surface area contributed by atoms with E-state index in [1.165, 1.54) is 11.3 Å². The molecular formula is C23H21ClN4O3S. The fourth-order valence-electron chi connectivity index (χ4n) is 3.32. The topological polar surface area (TPSA) is 90.5 Å². The molecule has 1 fully saturated rings. The summed E-state index contributed by atoms with van der Waals surface area (Å²) in [6, 6.07) is 16.0. The largest absolute Gasteiger partial charge is 0.360 e. The van der Waals surface area contributed by atoms with Gasteiger partial charge in [-0.25, -0.2) is 0 Å². The molecule has 0 radical (unpaired) electrons. The third-order valence-electron chi connectivity index (χ3n) is 5.01. The van der Waals surface area contributed by atoms with Crippen LogP contribution in [0.4, 0.5) is 11.4 Å². The van der Waals surface area contributed by atoms with Gasteiger partial charge in [-0.3, -0.25) is 14.4 Å². The maximum absolute atomic E-state index is 12.6. The van der Waals surface area contributed by atoms with Gasteiger partial charge < -0.3 is 20.9 Å². The van der Waals surface area contributed by atoms with Gasteiger partial charge in [-0.2, -0.15) is 0 Å². The number of nitrogens with one attached hydrogen (secondary N) is 3. The monoisotopic (exact) mass is 468 g/mol. The molecule has 32 heavy (non-hydrogen) atoms. The van der Waals surface area contributed by atoms with E-state index in [2.05, 4.69) is 16.0 Å². The summed E-state index contributed by atoms with van der Waals surface area (Å²) in [5.74, 6) is -0.530. The number of rotatable bonds is 6. The fourth-order valence-corrected chi connectivity index (χ4v) is 4.11. The minimum atomic E-state index is -0.273. The molecule has 0 spiro atoms. The average molecular weight is 469 g/mol. The van der Waals surface area contributed by atoms with Gasteiger partial charge in [-0.15, -0.1) is 11.3 Å². The van der Waals surface area contributed by atoms with Crippen LogP contribution in [0.25, 0.3) is 0 Å². The summed E-state index contributed by atoms with van der Waals surface area (Å²) in [6.07, 6.45) is 0. The normalized spacial score (nSPS) is 13.4. The van der Waals surface area contributed by atoms with E-state index in [9.17, 15) is 14.4 Å². The molecule has 0 aliphatic carbocycles. The molecule has 164 valence electrons. The molecule has 1 aliphatic heterocycles. The van der Waals surface area contributed by atoms with Gasteiger partial charge >= 0.3 is 0 Å². The van der Waals surface area contributed by atoms with E-state index in [-0.39, 0.29) is 17.7 Å². The molecule has 7 nitrogen and oxygen atoms in total. The van der Waals surface area contributed by atoms with Crippen LogP contribution in [0.15, 0.2) is 60.0 Å². The molecule has 4 rings (SSSR count). The summed E-state index contributed by atoms with van der Waals surface area (Å²) in [5.41, 5.74) is 2.68. The number of thiophene rings is 1. The van der Waals surface area contributed by atoms with Gasteiger partial charge in [0.25, 0.3) is 11.8 Å². The quantitative estimate of drug-likeness (QED) is 0.516. The summed E-state index contributed by atoms with van der Waals surface area (Å²) in [5, 5.41) is 10.6. The van der Waals surface area contributed by atoms with Crippen molar-refractivity contribution in [2.24, 2.45) is 0 Å². The van der Waals surface area contributed by atoms with E-state index in [1.807, 2.05) is 34.5 Å². The third kappa shape index (κ3) is 5.27. The molecule has 0 bridgehead atoms. The van der Waals surface area contributed by atoms with Gasteiger partial charge in [0.2, 0.25) is 5.91 Å². The Kier molecular flexibility index (Phi) is 6.72.